The molecule has 5 N–H and O–H groups in total. The number of allylic oxidation sites excluding steroid dienone is 3. The summed E-state index contributed by atoms with van der Waals surface area (Å²) in [6.45, 7) is 9.30. The number of ether oxygens (including phenoxy) is 1. The number of nitrogens with zero attached hydrogens (tertiary/aromatic N) is 2. The van der Waals surface area contributed by atoms with Crippen molar-refractivity contribution in [1.82, 2.24) is 4.73 Å². The summed E-state index contributed by atoms with van der Waals surface area (Å²) in [6.07, 6.45) is 3.46. The summed E-state index contributed by atoms with van der Waals surface area (Å²) in [5.74, 6) is -2.25. The lowest BCUT2D eigenvalue weighted by atomic mass is 9.83. The minimum atomic E-state index is -1.13. The van der Waals surface area contributed by atoms with Crippen LogP contribution in [-0.4, -0.2) is 62.5 Å². The van der Waals surface area contributed by atoms with Gasteiger partial charge in [-0.05, 0) is 93.5 Å². The topological polar surface area (TPSA) is 163 Å². The van der Waals surface area contributed by atoms with Gasteiger partial charge in [-0.1, -0.05) is 6.08 Å². The summed E-state index contributed by atoms with van der Waals surface area (Å²) in [7, 11) is 0. The summed E-state index contributed by atoms with van der Waals surface area (Å²) in [5, 5.41) is 44.1. The van der Waals surface area contributed by atoms with E-state index < -0.39 is 23.7 Å². The Morgan fingerprint density at radius 2 is 1.69 bits per heavy atom. The van der Waals surface area contributed by atoms with Gasteiger partial charge in [-0.15, -0.1) is 4.73 Å². The van der Waals surface area contributed by atoms with Gasteiger partial charge in [-0.3, -0.25) is 4.99 Å². The van der Waals surface area contributed by atoms with Gasteiger partial charge in [-0.2, -0.15) is 0 Å². The number of phenols is 1. The van der Waals surface area contributed by atoms with Gasteiger partial charge in [0.05, 0.1) is 18.6 Å². The molecule has 0 amide bonds. The number of carboxylic acids is 1. The van der Waals surface area contributed by atoms with Crippen molar-refractivity contribution in [1.29, 1.82) is 0 Å². The number of rotatable bonds is 12. The average molecular weight is 618 g/mol. The number of aromatic nitrogens is 1. The second kappa shape index (κ2) is 14.5. The number of carbonyl (C=O) groups excluding carboxylic acids is 1. The number of anilines is 1. The number of nitrogens with one attached hydrogen (secondary N) is 1. The van der Waals surface area contributed by atoms with Gasteiger partial charge in [0, 0.05) is 53.8 Å². The van der Waals surface area contributed by atoms with Crippen LogP contribution in [0, 0.1) is 6.92 Å². The van der Waals surface area contributed by atoms with E-state index >= 15 is 0 Å². The molecule has 0 spiro atoms. The second-order valence-corrected chi connectivity index (χ2v) is 10.6. The molecule has 238 valence electrons. The highest BCUT2D eigenvalue weighted by atomic mass is 16.7. The number of hydrogen-bond donors (Lipinski definition) is 5. The van der Waals surface area contributed by atoms with Gasteiger partial charge in [0.1, 0.15) is 11.5 Å². The number of aryl methyl sites for hydroxylation is 1. The van der Waals surface area contributed by atoms with Crippen molar-refractivity contribution in [2.24, 2.45) is 4.99 Å². The Morgan fingerprint density at radius 3 is 2.33 bits per heavy atom. The number of benzene rings is 2. The minimum absolute atomic E-state index is 0.0130. The third-order valence-electron chi connectivity index (χ3n) is 7.40. The smallest absolute Gasteiger partial charge is 0.336 e. The fourth-order valence-electron chi connectivity index (χ4n) is 5.28. The average Bonchev–Trinajstić information content (AvgIpc) is 3.31. The van der Waals surface area contributed by atoms with Crippen molar-refractivity contribution >= 4 is 28.9 Å². The zero-order valence-electron chi connectivity index (χ0n) is 25.9. The summed E-state index contributed by atoms with van der Waals surface area (Å²) in [6, 6.07) is 10.6. The minimum Gasteiger partial charge on any atom is -0.507 e. The number of carboxylic acid groups (broad SMARTS) is 1. The molecule has 0 aliphatic heterocycles. The third kappa shape index (κ3) is 7.67. The molecule has 3 aromatic rings. The molecule has 2 aromatic carbocycles. The lowest BCUT2D eigenvalue weighted by molar-refractivity contribution is -0.145. The maximum absolute atomic E-state index is 12.5. The van der Waals surface area contributed by atoms with E-state index in [-0.39, 0.29) is 30.8 Å². The molecular weight excluding hydrogens is 578 g/mol. The fraction of sp³-hybridized carbons (Fsp3) is 0.324. The molecule has 0 radical (unpaired) electrons. The van der Waals surface area contributed by atoms with E-state index in [9.17, 15) is 30.0 Å². The van der Waals surface area contributed by atoms with Gasteiger partial charge in [0.2, 0.25) is 11.8 Å². The standard InChI is InChI=1S/C34H39N3O8/c1-5-35-27-12-9-22(16-20(27)3)33(26-17-21(4)28(36-6-2)19-29(26)38)25-18-23(10-11-24(25)34(42)43)44-15-7-8-32(41)45-37-30(39)13-14-31(37)40/h10-11,13-14,16-19,36,38-40H,5-9,12,15H2,1-4H3,(H,42,43)/b33-22+,35-27?. The first kappa shape index (κ1) is 32.7. The van der Waals surface area contributed by atoms with Crippen LogP contribution in [0.1, 0.15) is 73.5 Å². The molecule has 1 aliphatic carbocycles. The molecule has 11 nitrogen and oxygen atoms in total. The molecule has 1 aromatic heterocycles. The highest BCUT2D eigenvalue weighted by molar-refractivity contribution is 6.04. The highest BCUT2D eigenvalue weighted by Crippen LogP contribution is 2.41. The first-order valence-corrected chi connectivity index (χ1v) is 14.9. The first-order valence-electron chi connectivity index (χ1n) is 14.9. The fourth-order valence-corrected chi connectivity index (χ4v) is 5.28. The van der Waals surface area contributed by atoms with Gasteiger partial charge in [0.15, 0.2) is 0 Å². The molecule has 0 saturated carbocycles. The van der Waals surface area contributed by atoms with E-state index in [1.165, 1.54) is 18.2 Å². The number of aromatic carboxylic acids is 1. The molecule has 4 rings (SSSR count). The van der Waals surface area contributed by atoms with Crippen LogP contribution in [0.25, 0.3) is 5.57 Å². The van der Waals surface area contributed by atoms with E-state index in [1.807, 2.05) is 39.8 Å². The number of phenolic OH excluding ortho intramolecular Hbond substituents is 1. The van der Waals surface area contributed by atoms with Crippen LogP contribution in [0.5, 0.6) is 23.3 Å². The number of aromatic hydroxyl groups is 3. The van der Waals surface area contributed by atoms with E-state index in [2.05, 4.69) is 10.3 Å². The largest absolute Gasteiger partial charge is 0.507 e. The van der Waals surface area contributed by atoms with Crippen LogP contribution in [0.4, 0.5) is 5.69 Å². The van der Waals surface area contributed by atoms with Crippen molar-refractivity contribution < 1.29 is 39.6 Å². The van der Waals surface area contributed by atoms with E-state index in [4.69, 9.17) is 9.57 Å². The van der Waals surface area contributed by atoms with Crippen LogP contribution < -0.4 is 14.9 Å². The second-order valence-electron chi connectivity index (χ2n) is 10.6. The summed E-state index contributed by atoms with van der Waals surface area (Å²) in [4.78, 5) is 34.3. The zero-order chi connectivity index (χ0) is 32.7. The predicted octanol–water partition coefficient (Wildman–Crippen LogP) is 5.86. The lowest BCUT2D eigenvalue weighted by Gasteiger charge is -2.23. The number of carbonyl (C=O) groups is 2. The predicted molar refractivity (Wildman–Crippen MR) is 171 cm³/mol. The Kier molecular flexibility index (Phi) is 10.6. The van der Waals surface area contributed by atoms with Crippen LogP contribution in [-0.2, 0) is 4.79 Å². The van der Waals surface area contributed by atoms with Gasteiger partial charge in [-0.25, -0.2) is 9.59 Å². The molecule has 0 unspecified atom stereocenters. The SMILES string of the molecule is CCN=C1CC/C(=C(\c2cc(C)c(NCC)cc2O)c2cc(OCCCC(=O)On3c(O)ccc3O)ccc2C(=O)O)C=C1C. The molecule has 0 fully saturated rings. The zero-order valence-corrected chi connectivity index (χ0v) is 25.9. The molecule has 45 heavy (non-hydrogen) atoms. The van der Waals surface area contributed by atoms with Crippen LogP contribution in [0.3, 0.4) is 0 Å². The monoisotopic (exact) mass is 617 g/mol. The molecule has 0 saturated heterocycles. The Morgan fingerprint density at radius 1 is 0.956 bits per heavy atom. The quantitative estimate of drug-likeness (QED) is 0.157. The van der Waals surface area contributed by atoms with Crippen LogP contribution >= 0.6 is 0 Å². The molecule has 1 aliphatic rings. The maximum Gasteiger partial charge on any atom is 0.336 e. The molecular formula is C34H39N3O8. The van der Waals surface area contributed by atoms with Gasteiger partial charge < -0.3 is 35.3 Å². The Hall–Kier alpha value is -5.19. The van der Waals surface area contributed by atoms with Crippen molar-refractivity contribution in [2.45, 2.75) is 53.4 Å². The van der Waals surface area contributed by atoms with Gasteiger partial charge in [0.25, 0.3) is 0 Å². The molecule has 11 heteroatoms. The Balaban J connectivity index is 1.70. The van der Waals surface area contributed by atoms with Gasteiger partial charge >= 0.3 is 11.9 Å². The molecule has 1 heterocycles. The van der Waals surface area contributed by atoms with E-state index in [0.29, 0.717) is 53.1 Å². The highest BCUT2D eigenvalue weighted by Gasteiger charge is 2.24. The summed E-state index contributed by atoms with van der Waals surface area (Å²) in [5.41, 5.74) is 6.05. The van der Waals surface area contributed by atoms with E-state index in [0.717, 1.165) is 28.1 Å². The van der Waals surface area contributed by atoms with Crippen LogP contribution in [0.15, 0.2) is 64.7 Å². The Labute approximate surface area is 261 Å². The van der Waals surface area contributed by atoms with E-state index in [1.54, 1.807) is 18.2 Å². The van der Waals surface area contributed by atoms with Crippen molar-refractivity contribution in [3.05, 3.63) is 81.9 Å². The summed E-state index contributed by atoms with van der Waals surface area (Å²) < 4.78 is 6.55. The van der Waals surface area contributed by atoms with Crippen molar-refractivity contribution in [2.75, 3.05) is 25.0 Å². The summed E-state index contributed by atoms with van der Waals surface area (Å²) >= 11 is 0. The molecule has 0 bridgehead atoms. The lowest BCUT2D eigenvalue weighted by Crippen LogP contribution is -2.19. The van der Waals surface area contributed by atoms with Crippen LogP contribution in [0.2, 0.25) is 0 Å². The maximum atomic E-state index is 12.5. The first-order chi connectivity index (χ1) is 21.5. The number of aliphatic imine (C=N–C) groups is 1. The third-order valence-corrected chi connectivity index (χ3v) is 7.40. The normalized spacial score (nSPS) is 15.0. The molecule has 0 atom stereocenters. The van der Waals surface area contributed by atoms with Crippen molar-refractivity contribution in [3.8, 4) is 23.3 Å². The number of hydrogen-bond acceptors (Lipinski definition) is 9. The Bertz CT molecular complexity index is 1660. The van der Waals surface area contributed by atoms with Crippen molar-refractivity contribution in [3.63, 3.8) is 0 Å².